The molecule has 100 valence electrons. The second-order valence-corrected chi connectivity index (χ2v) is 4.42. The number of aromatic nitrogens is 3. The zero-order chi connectivity index (χ0) is 13.8. The summed E-state index contributed by atoms with van der Waals surface area (Å²) in [5.74, 6) is 0.0666. The minimum absolute atomic E-state index is 0.0666. The number of nitrogens with zero attached hydrogens (tertiary/aromatic N) is 3. The second kappa shape index (κ2) is 5.78. The molecule has 2 rings (SSSR count). The van der Waals surface area contributed by atoms with Crippen LogP contribution in [0, 0.1) is 0 Å². The maximum absolute atomic E-state index is 11.5. The zero-order valence-corrected chi connectivity index (χ0v) is 11.7. The Kier molecular flexibility index (Phi) is 4.10. The first-order valence-corrected chi connectivity index (χ1v) is 6.77. The Morgan fingerprint density at radius 1 is 1.21 bits per heavy atom. The summed E-state index contributed by atoms with van der Waals surface area (Å²) in [6.07, 6.45) is 4.03. The minimum atomic E-state index is 0.0666. The molecule has 2 aromatic rings. The van der Waals surface area contributed by atoms with E-state index in [1.165, 1.54) is 0 Å². The van der Waals surface area contributed by atoms with Crippen LogP contribution in [0.25, 0.3) is 5.69 Å². The van der Waals surface area contributed by atoms with E-state index in [1.54, 1.807) is 12.3 Å². The van der Waals surface area contributed by atoms with Crippen LogP contribution in [-0.2, 0) is 12.8 Å². The van der Waals surface area contributed by atoms with Gasteiger partial charge in [0.1, 0.15) is 5.69 Å². The van der Waals surface area contributed by atoms with Crippen molar-refractivity contribution in [1.82, 2.24) is 14.8 Å². The van der Waals surface area contributed by atoms with Crippen LogP contribution in [0.2, 0.25) is 0 Å². The Morgan fingerprint density at radius 3 is 2.53 bits per heavy atom. The van der Waals surface area contributed by atoms with E-state index in [2.05, 4.69) is 30.0 Å². The summed E-state index contributed by atoms with van der Waals surface area (Å²) in [5, 5.41) is 4.56. The summed E-state index contributed by atoms with van der Waals surface area (Å²) in [6.45, 7) is 6.04. The van der Waals surface area contributed by atoms with Gasteiger partial charge < -0.3 is 0 Å². The van der Waals surface area contributed by atoms with Gasteiger partial charge in [-0.15, -0.1) is 0 Å². The van der Waals surface area contributed by atoms with Crippen LogP contribution in [0.5, 0.6) is 0 Å². The fourth-order valence-corrected chi connectivity index (χ4v) is 1.98. The number of carbonyl (C=O) groups is 1. The summed E-state index contributed by atoms with van der Waals surface area (Å²) < 4.78 is 1.91. The van der Waals surface area contributed by atoms with Gasteiger partial charge in [-0.2, -0.15) is 5.10 Å². The first-order valence-electron chi connectivity index (χ1n) is 6.77. The minimum Gasteiger partial charge on any atom is -0.292 e. The van der Waals surface area contributed by atoms with E-state index in [4.69, 9.17) is 0 Å². The summed E-state index contributed by atoms with van der Waals surface area (Å²) in [4.78, 5) is 15.8. The molecule has 0 aliphatic carbocycles. The topological polar surface area (TPSA) is 47.8 Å². The largest absolute Gasteiger partial charge is 0.292 e. The zero-order valence-electron chi connectivity index (χ0n) is 11.7. The van der Waals surface area contributed by atoms with Gasteiger partial charge in [0.15, 0.2) is 5.78 Å². The number of ketones is 1. The van der Waals surface area contributed by atoms with Crippen LogP contribution in [0.4, 0.5) is 0 Å². The van der Waals surface area contributed by atoms with Crippen LogP contribution in [0.15, 0.2) is 24.4 Å². The van der Waals surface area contributed by atoms with Gasteiger partial charge in [-0.05, 0) is 31.0 Å². The summed E-state index contributed by atoms with van der Waals surface area (Å²) in [6, 6.07) is 5.79. The molecule has 0 fully saturated rings. The van der Waals surface area contributed by atoms with Crippen LogP contribution >= 0.6 is 0 Å². The summed E-state index contributed by atoms with van der Waals surface area (Å²) in [5.41, 5.74) is 3.66. The fourth-order valence-electron chi connectivity index (χ4n) is 1.98. The number of Topliss-reactive ketones (excluding diaryl/α,β-unsaturated/α-hetero) is 1. The van der Waals surface area contributed by atoms with Gasteiger partial charge in [-0.25, -0.2) is 4.68 Å². The molecule has 0 aliphatic rings. The number of rotatable bonds is 5. The van der Waals surface area contributed by atoms with Crippen molar-refractivity contribution in [3.63, 3.8) is 0 Å². The van der Waals surface area contributed by atoms with E-state index in [9.17, 15) is 4.79 Å². The molecule has 19 heavy (non-hydrogen) atoms. The van der Waals surface area contributed by atoms with Crippen molar-refractivity contribution >= 4 is 5.78 Å². The Morgan fingerprint density at radius 2 is 2.00 bits per heavy atom. The first-order chi connectivity index (χ1) is 9.19. The van der Waals surface area contributed by atoms with Crippen molar-refractivity contribution < 1.29 is 4.79 Å². The highest BCUT2D eigenvalue weighted by Gasteiger charge is 2.09. The van der Waals surface area contributed by atoms with Gasteiger partial charge in [-0.1, -0.05) is 20.8 Å². The van der Waals surface area contributed by atoms with Gasteiger partial charge in [-0.3, -0.25) is 9.78 Å². The van der Waals surface area contributed by atoms with Crippen molar-refractivity contribution in [1.29, 1.82) is 0 Å². The highest BCUT2D eigenvalue weighted by atomic mass is 16.1. The molecule has 0 aromatic carbocycles. The maximum Gasteiger partial charge on any atom is 0.180 e. The van der Waals surface area contributed by atoms with Gasteiger partial charge in [0, 0.05) is 12.1 Å². The molecule has 0 atom stereocenters. The van der Waals surface area contributed by atoms with Crippen LogP contribution < -0.4 is 0 Å². The highest BCUT2D eigenvalue weighted by Crippen LogP contribution is 2.14. The number of hydrogen-bond donors (Lipinski definition) is 0. The Hall–Kier alpha value is -1.97. The predicted molar refractivity (Wildman–Crippen MR) is 74.7 cm³/mol. The maximum atomic E-state index is 11.5. The lowest BCUT2D eigenvalue weighted by molar-refractivity contribution is 0.0983. The molecule has 0 amide bonds. The molecule has 0 saturated heterocycles. The molecule has 2 aromatic heterocycles. The molecule has 0 bridgehead atoms. The number of aryl methyl sites for hydroxylation is 2. The highest BCUT2D eigenvalue weighted by molar-refractivity contribution is 5.93. The molecule has 0 spiro atoms. The van der Waals surface area contributed by atoms with E-state index >= 15 is 0 Å². The third-order valence-electron chi connectivity index (χ3n) is 3.16. The van der Waals surface area contributed by atoms with E-state index < -0.39 is 0 Å². The summed E-state index contributed by atoms with van der Waals surface area (Å²) >= 11 is 0. The van der Waals surface area contributed by atoms with Gasteiger partial charge >= 0.3 is 0 Å². The average Bonchev–Trinajstić information content (AvgIpc) is 2.90. The molecule has 0 saturated carbocycles. The predicted octanol–water partition coefficient (Wildman–Crippen LogP) is 2.98. The fraction of sp³-hybridized carbons (Fsp3) is 0.400. The molecule has 0 unspecified atom stereocenters. The van der Waals surface area contributed by atoms with Crippen molar-refractivity contribution in [3.8, 4) is 5.69 Å². The second-order valence-electron chi connectivity index (χ2n) is 4.42. The van der Waals surface area contributed by atoms with Crippen LogP contribution in [-0.4, -0.2) is 20.5 Å². The molecular formula is C15H19N3O. The lowest BCUT2D eigenvalue weighted by atomic mass is 10.2. The standard InChI is InChI=1S/C15H19N3O/c1-4-11-9-12(5-2)18(17-11)13-7-8-14(16-10-13)15(19)6-3/h7-10H,4-6H2,1-3H3. The van der Waals surface area contributed by atoms with Gasteiger partial charge in [0.2, 0.25) is 0 Å². The van der Waals surface area contributed by atoms with Crippen molar-refractivity contribution in [2.45, 2.75) is 40.0 Å². The van der Waals surface area contributed by atoms with E-state index in [1.807, 2.05) is 17.7 Å². The third kappa shape index (κ3) is 2.72. The Labute approximate surface area is 113 Å². The first kappa shape index (κ1) is 13.5. The van der Waals surface area contributed by atoms with Crippen molar-refractivity contribution in [2.75, 3.05) is 0 Å². The monoisotopic (exact) mass is 257 g/mol. The molecule has 2 heterocycles. The molecule has 4 nitrogen and oxygen atoms in total. The lowest BCUT2D eigenvalue weighted by Crippen LogP contribution is -2.05. The lowest BCUT2D eigenvalue weighted by Gasteiger charge is -2.06. The molecule has 0 radical (unpaired) electrons. The van der Waals surface area contributed by atoms with Crippen molar-refractivity contribution in [3.05, 3.63) is 41.5 Å². The van der Waals surface area contributed by atoms with Crippen molar-refractivity contribution in [2.24, 2.45) is 0 Å². The molecular weight excluding hydrogens is 238 g/mol. The Balaban J connectivity index is 2.36. The van der Waals surface area contributed by atoms with Crippen LogP contribution in [0.3, 0.4) is 0 Å². The van der Waals surface area contributed by atoms with E-state index in [0.29, 0.717) is 12.1 Å². The van der Waals surface area contributed by atoms with Gasteiger partial charge in [0.05, 0.1) is 17.6 Å². The molecule has 0 aliphatic heterocycles. The Bertz CT molecular complexity index is 570. The smallest absolute Gasteiger partial charge is 0.180 e. The average molecular weight is 257 g/mol. The van der Waals surface area contributed by atoms with Crippen LogP contribution in [0.1, 0.15) is 49.1 Å². The SMILES string of the molecule is CCC(=O)c1ccc(-n2nc(CC)cc2CC)cn1. The van der Waals surface area contributed by atoms with E-state index in [-0.39, 0.29) is 5.78 Å². The molecule has 0 N–H and O–H groups in total. The third-order valence-corrected chi connectivity index (χ3v) is 3.16. The quantitative estimate of drug-likeness (QED) is 0.774. The number of hydrogen-bond acceptors (Lipinski definition) is 3. The summed E-state index contributed by atoms with van der Waals surface area (Å²) in [7, 11) is 0. The van der Waals surface area contributed by atoms with Gasteiger partial charge in [0.25, 0.3) is 0 Å². The number of pyridine rings is 1. The van der Waals surface area contributed by atoms with E-state index in [0.717, 1.165) is 29.9 Å². The normalized spacial score (nSPS) is 10.7. The number of carbonyl (C=O) groups excluding carboxylic acids is 1. The molecule has 4 heteroatoms.